The molecule has 1 aliphatic carbocycles. The lowest BCUT2D eigenvalue weighted by molar-refractivity contribution is -0.116. The summed E-state index contributed by atoms with van der Waals surface area (Å²) in [4.78, 5) is 23.5. The van der Waals surface area contributed by atoms with Crippen LogP contribution in [0.5, 0.6) is 0 Å². The van der Waals surface area contributed by atoms with E-state index in [2.05, 4.69) is 15.4 Å². The fourth-order valence-electron chi connectivity index (χ4n) is 3.66. The second-order valence-corrected chi connectivity index (χ2v) is 9.62. The van der Waals surface area contributed by atoms with Gasteiger partial charge in [-0.25, -0.2) is 13.1 Å². The molecule has 2 aromatic rings. The van der Waals surface area contributed by atoms with Gasteiger partial charge >= 0.3 is 0 Å². The zero-order valence-corrected chi connectivity index (χ0v) is 18.5. The summed E-state index contributed by atoms with van der Waals surface area (Å²) in [6.45, 7) is 1.44. The van der Waals surface area contributed by atoms with Crippen LogP contribution in [0.2, 0.25) is 0 Å². The largest absolute Gasteiger partial charge is 0.326 e. The van der Waals surface area contributed by atoms with Crippen LogP contribution in [0.3, 0.4) is 0 Å². The van der Waals surface area contributed by atoms with Crippen LogP contribution in [0, 0.1) is 0 Å². The van der Waals surface area contributed by atoms with E-state index >= 15 is 0 Å². The van der Waals surface area contributed by atoms with Gasteiger partial charge in [0.15, 0.2) is 0 Å². The maximum absolute atomic E-state index is 12.6. The summed E-state index contributed by atoms with van der Waals surface area (Å²) < 4.78 is 27.9. The summed E-state index contributed by atoms with van der Waals surface area (Å²) >= 11 is 0. The Labute approximate surface area is 183 Å². The molecular weight excluding hydrogens is 414 g/mol. The van der Waals surface area contributed by atoms with E-state index in [1.165, 1.54) is 13.3 Å². The van der Waals surface area contributed by atoms with Crippen molar-refractivity contribution in [1.82, 2.24) is 4.72 Å². The lowest BCUT2D eigenvalue weighted by Crippen LogP contribution is -2.36. The number of amides is 2. The average molecular weight is 444 g/mol. The van der Waals surface area contributed by atoms with Crippen LogP contribution in [0.4, 0.5) is 11.4 Å². The topological polar surface area (TPSA) is 104 Å². The SMILES string of the molecule is CC(=O)Nc1ccc(NC(=O)CCc2ccc(S(=O)(=O)NC3CCCCC3)cc2)cc1. The molecular formula is C23H29N3O4S. The van der Waals surface area contributed by atoms with Crippen molar-refractivity contribution in [3.05, 3.63) is 54.1 Å². The molecule has 3 N–H and O–H groups in total. The van der Waals surface area contributed by atoms with Gasteiger partial charge in [-0.3, -0.25) is 9.59 Å². The predicted octanol–water partition coefficient (Wildman–Crippen LogP) is 3.83. The van der Waals surface area contributed by atoms with Gasteiger partial charge in [-0.2, -0.15) is 0 Å². The van der Waals surface area contributed by atoms with Gasteiger partial charge in [0.05, 0.1) is 4.90 Å². The number of carbonyl (C=O) groups excluding carboxylic acids is 2. The van der Waals surface area contributed by atoms with Crippen molar-refractivity contribution in [2.45, 2.75) is 62.8 Å². The zero-order valence-electron chi connectivity index (χ0n) is 17.7. The maximum Gasteiger partial charge on any atom is 0.240 e. The molecule has 0 aliphatic heterocycles. The summed E-state index contributed by atoms with van der Waals surface area (Å²) in [7, 11) is -3.52. The Hall–Kier alpha value is -2.71. The summed E-state index contributed by atoms with van der Waals surface area (Å²) in [5, 5.41) is 5.49. The van der Waals surface area contributed by atoms with Crippen LogP contribution in [-0.2, 0) is 26.0 Å². The van der Waals surface area contributed by atoms with Gasteiger partial charge in [0.2, 0.25) is 21.8 Å². The van der Waals surface area contributed by atoms with E-state index in [0.717, 1.165) is 31.2 Å². The van der Waals surface area contributed by atoms with Crippen LogP contribution < -0.4 is 15.4 Å². The molecule has 0 unspecified atom stereocenters. The van der Waals surface area contributed by atoms with Crippen molar-refractivity contribution in [2.24, 2.45) is 0 Å². The third kappa shape index (κ3) is 7.18. The summed E-state index contributed by atoms with van der Waals surface area (Å²) in [6.07, 6.45) is 5.86. The van der Waals surface area contributed by atoms with E-state index in [9.17, 15) is 18.0 Å². The highest BCUT2D eigenvalue weighted by atomic mass is 32.2. The fraction of sp³-hybridized carbons (Fsp3) is 0.391. The molecule has 1 saturated carbocycles. The molecule has 0 aromatic heterocycles. The Balaban J connectivity index is 1.49. The van der Waals surface area contributed by atoms with Gasteiger partial charge in [-0.05, 0) is 61.2 Å². The minimum atomic E-state index is -3.52. The van der Waals surface area contributed by atoms with E-state index < -0.39 is 10.0 Å². The first kappa shape index (κ1) is 23.0. The van der Waals surface area contributed by atoms with Crippen LogP contribution in [0.1, 0.15) is 51.0 Å². The molecule has 3 rings (SSSR count). The number of carbonyl (C=O) groups is 2. The van der Waals surface area contributed by atoms with Crippen LogP contribution in [-0.4, -0.2) is 26.3 Å². The molecule has 0 atom stereocenters. The van der Waals surface area contributed by atoms with E-state index in [1.807, 2.05) is 0 Å². The molecule has 1 fully saturated rings. The second-order valence-electron chi connectivity index (χ2n) is 7.91. The van der Waals surface area contributed by atoms with Crippen LogP contribution >= 0.6 is 0 Å². The van der Waals surface area contributed by atoms with Crippen molar-refractivity contribution in [3.63, 3.8) is 0 Å². The minimum Gasteiger partial charge on any atom is -0.326 e. The minimum absolute atomic E-state index is 0.0226. The van der Waals surface area contributed by atoms with Crippen LogP contribution in [0.15, 0.2) is 53.4 Å². The van der Waals surface area contributed by atoms with E-state index in [-0.39, 0.29) is 29.2 Å². The smallest absolute Gasteiger partial charge is 0.240 e. The fourth-order valence-corrected chi connectivity index (χ4v) is 4.97. The highest BCUT2D eigenvalue weighted by Gasteiger charge is 2.21. The number of anilines is 2. The Kier molecular flexibility index (Phi) is 7.81. The van der Waals surface area contributed by atoms with Crippen LogP contribution in [0.25, 0.3) is 0 Å². The van der Waals surface area contributed by atoms with Gasteiger partial charge in [0, 0.05) is 30.8 Å². The summed E-state index contributed by atoms with van der Waals surface area (Å²) in [5.74, 6) is -0.289. The molecule has 31 heavy (non-hydrogen) atoms. The Morgan fingerprint density at radius 2 is 1.45 bits per heavy atom. The quantitative estimate of drug-likeness (QED) is 0.577. The normalized spacial score (nSPS) is 14.7. The average Bonchev–Trinajstić information content (AvgIpc) is 2.74. The number of nitrogens with one attached hydrogen (secondary N) is 3. The lowest BCUT2D eigenvalue weighted by Gasteiger charge is -2.22. The molecule has 8 heteroatoms. The Bertz CT molecular complexity index is 996. The number of rotatable bonds is 8. The highest BCUT2D eigenvalue weighted by molar-refractivity contribution is 7.89. The van der Waals surface area contributed by atoms with Gasteiger partial charge in [0.1, 0.15) is 0 Å². The highest BCUT2D eigenvalue weighted by Crippen LogP contribution is 2.20. The van der Waals surface area contributed by atoms with Crippen molar-refractivity contribution < 1.29 is 18.0 Å². The first-order valence-corrected chi connectivity index (χ1v) is 12.1. The van der Waals surface area contributed by atoms with Crippen molar-refractivity contribution in [2.75, 3.05) is 10.6 Å². The molecule has 0 saturated heterocycles. The van der Waals surface area contributed by atoms with Crippen molar-refractivity contribution in [1.29, 1.82) is 0 Å². The number of sulfonamides is 1. The molecule has 1 aliphatic rings. The molecule has 0 bridgehead atoms. The molecule has 2 aromatic carbocycles. The first-order chi connectivity index (χ1) is 14.8. The van der Waals surface area contributed by atoms with E-state index in [1.54, 1.807) is 48.5 Å². The molecule has 0 heterocycles. The van der Waals surface area contributed by atoms with Gasteiger partial charge < -0.3 is 10.6 Å². The van der Waals surface area contributed by atoms with Crippen molar-refractivity contribution >= 4 is 33.2 Å². The molecule has 0 spiro atoms. The number of benzene rings is 2. The Morgan fingerprint density at radius 3 is 2.03 bits per heavy atom. The molecule has 7 nitrogen and oxygen atoms in total. The zero-order chi connectivity index (χ0) is 22.3. The third-order valence-electron chi connectivity index (χ3n) is 5.29. The monoisotopic (exact) mass is 443 g/mol. The number of aryl methyl sites for hydroxylation is 1. The lowest BCUT2D eigenvalue weighted by atomic mass is 9.96. The molecule has 166 valence electrons. The molecule has 0 radical (unpaired) electrons. The molecule has 2 amide bonds. The summed E-state index contributed by atoms with van der Waals surface area (Å²) in [5.41, 5.74) is 2.21. The first-order valence-electron chi connectivity index (χ1n) is 10.6. The van der Waals surface area contributed by atoms with Gasteiger partial charge in [-0.1, -0.05) is 31.4 Å². The third-order valence-corrected chi connectivity index (χ3v) is 6.83. The van der Waals surface area contributed by atoms with E-state index in [4.69, 9.17) is 0 Å². The number of hydrogen-bond donors (Lipinski definition) is 3. The standard InChI is InChI=1S/C23H29N3O4S/c1-17(27)24-19-10-12-20(13-11-19)25-23(28)16-9-18-7-14-22(15-8-18)31(29,30)26-21-5-3-2-4-6-21/h7-8,10-15,21,26H,2-6,9,16H2,1H3,(H,24,27)(H,25,28). The second kappa shape index (κ2) is 10.5. The van der Waals surface area contributed by atoms with Gasteiger partial charge in [-0.15, -0.1) is 0 Å². The van der Waals surface area contributed by atoms with Gasteiger partial charge in [0.25, 0.3) is 0 Å². The summed E-state index contributed by atoms with van der Waals surface area (Å²) in [6, 6.07) is 13.6. The predicted molar refractivity (Wildman–Crippen MR) is 121 cm³/mol. The Morgan fingerprint density at radius 1 is 0.871 bits per heavy atom. The van der Waals surface area contributed by atoms with Crippen molar-refractivity contribution in [3.8, 4) is 0 Å². The van der Waals surface area contributed by atoms with E-state index in [0.29, 0.717) is 17.8 Å². The number of hydrogen-bond acceptors (Lipinski definition) is 4. The maximum atomic E-state index is 12.6.